The van der Waals surface area contributed by atoms with Gasteiger partial charge < -0.3 is 25.6 Å². The molecule has 2 aromatic rings. The molecule has 4 rings (SSSR count). The van der Waals surface area contributed by atoms with Gasteiger partial charge in [-0.25, -0.2) is 0 Å². The molecule has 208 valence electrons. The average molecular weight is 535 g/mol. The fraction of sp³-hybridized carbons (Fsp3) is 0.467. The number of carbonyl (C=O) groups excluding carboxylic acids is 4. The van der Waals surface area contributed by atoms with Gasteiger partial charge >= 0.3 is 0 Å². The normalized spacial score (nSPS) is 22.7. The molecule has 9 nitrogen and oxygen atoms in total. The predicted molar refractivity (Wildman–Crippen MR) is 147 cm³/mol. The van der Waals surface area contributed by atoms with E-state index in [1.165, 1.54) is 6.92 Å². The van der Waals surface area contributed by atoms with Crippen LogP contribution >= 0.6 is 0 Å². The molecule has 39 heavy (non-hydrogen) atoms. The molecule has 2 aliphatic rings. The zero-order chi connectivity index (χ0) is 27.8. The standard InChI is InChI=1S/C30H38N4O5/c1-20-10-12-24-17-23(20)18-31-29(37)26(13-11-22-7-4-3-5-8-22)33-30(38)27(32-21(2)35)14-15-28(36)34-16-6-9-25(19-34)39-24/h3-5,7-8,10,12,17,25-27H,6,9,11,13-16,18-19H2,1-2H3,(H,31,37)(H,32,35)(H,33,38)/t25?,26-,27-/m0/s1. The fourth-order valence-corrected chi connectivity index (χ4v) is 5.11. The number of hydrogen-bond donors (Lipinski definition) is 3. The van der Waals surface area contributed by atoms with Crippen molar-refractivity contribution in [3.05, 3.63) is 65.2 Å². The van der Waals surface area contributed by atoms with E-state index in [0.717, 1.165) is 29.5 Å². The van der Waals surface area contributed by atoms with Crippen LogP contribution in [0.3, 0.4) is 0 Å². The largest absolute Gasteiger partial charge is 0.489 e. The minimum Gasteiger partial charge on any atom is -0.489 e. The van der Waals surface area contributed by atoms with Gasteiger partial charge in [-0.05, 0) is 67.9 Å². The molecule has 4 amide bonds. The lowest BCUT2D eigenvalue weighted by molar-refractivity contribution is -0.135. The van der Waals surface area contributed by atoms with Crippen molar-refractivity contribution in [1.82, 2.24) is 20.9 Å². The number of hydrogen-bond acceptors (Lipinski definition) is 5. The van der Waals surface area contributed by atoms with Crippen LogP contribution in [-0.4, -0.2) is 59.8 Å². The van der Waals surface area contributed by atoms with E-state index in [9.17, 15) is 19.2 Å². The Balaban J connectivity index is 1.59. The molecular formula is C30H38N4O5. The van der Waals surface area contributed by atoms with E-state index in [1.54, 1.807) is 4.90 Å². The number of benzene rings is 2. The lowest BCUT2D eigenvalue weighted by Crippen LogP contribution is -2.54. The van der Waals surface area contributed by atoms with Crippen molar-refractivity contribution in [3.63, 3.8) is 0 Å². The first kappa shape index (κ1) is 28.1. The van der Waals surface area contributed by atoms with Gasteiger partial charge in [0.25, 0.3) is 0 Å². The smallest absolute Gasteiger partial charge is 0.243 e. The molecule has 1 saturated heterocycles. The quantitative estimate of drug-likeness (QED) is 0.557. The van der Waals surface area contributed by atoms with Crippen molar-refractivity contribution in [3.8, 4) is 5.75 Å². The highest BCUT2D eigenvalue weighted by Gasteiger charge is 2.29. The van der Waals surface area contributed by atoms with Gasteiger partial charge in [-0.3, -0.25) is 19.2 Å². The van der Waals surface area contributed by atoms with Crippen molar-refractivity contribution in [2.24, 2.45) is 0 Å². The molecule has 0 aromatic heterocycles. The van der Waals surface area contributed by atoms with Gasteiger partial charge in [-0.15, -0.1) is 0 Å². The van der Waals surface area contributed by atoms with E-state index in [2.05, 4.69) is 16.0 Å². The summed E-state index contributed by atoms with van der Waals surface area (Å²) in [7, 11) is 0. The molecule has 2 aliphatic heterocycles. The van der Waals surface area contributed by atoms with Gasteiger partial charge in [0.1, 0.15) is 23.9 Å². The molecule has 0 radical (unpaired) electrons. The van der Waals surface area contributed by atoms with E-state index >= 15 is 0 Å². The Hall–Kier alpha value is -3.88. The first-order chi connectivity index (χ1) is 18.8. The third-order valence-corrected chi connectivity index (χ3v) is 7.35. The minimum absolute atomic E-state index is 0.0845. The van der Waals surface area contributed by atoms with E-state index in [0.29, 0.717) is 31.7 Å². The Morgan fingerprint density at radius 1 is 1.08 bits per heavy atom. The van der Waals surface area contributed by atoms with Crippen LogP contribution in [0.2, 0.25) is 0 Å². The van der Waals surface area contributed by atoms with Gasteiger partial charge in [0, 0.05) is 26.4 Å². The van der Waals surface area contributed by atoms with E-state index in [1.807, 2.05) is 55.5 Å². The molecule has 9 heteroatoms. The number of nitrogens with one attached hydrogen (secondary N) is 3. The molecule has 3 atom stereocenters. The average Bonchev–Trinajstić information content (AvgIpc) is 2.93. The Labute approximate surface area is 229 Å². The van der Waals surface area contributed by atoms with Gasteiger partial charge in [-0.1, -0.05) is 36.4 Å². The third kappa shape index (κ3) is 8.05. The van der Waals surface area contributed by atoms with E-state index in [-0.39, 0.29) is 43.2 Å². The summed E-state index contributed by atoms with van der Waals surface area (Å²) in [5.41, 5.74) is 2.97. The van der Waals surface area contributed by atoms with Crippen LogP contribution in [-0.2, 0) is 32.1 Å². The highest BCUT2D eigenvalue weighted by Crippen LogP contribution is 2.23. The zero-order valence-electron chi connectivity index (χ0n) is 22.7. The number of fused-ring (bicyclic) bond motifs is 4. The summed E-state index contributed by atoms with van der Waals surface area (Å²) in [6, 6.07) is 13.8. The Kier molecular flexibility index (Phi) is 9.57. The van der Waals surface area contributed by atoms with Crippen molar-refractivity contribution < 1.29 is 23.9 Å². The maximum absolute atomic E-state index is 13.4. The first-order valence-corrected chi connectivity index (χ1v) is 13.7. The number of nitrogens with zero attached hydrogens (tertiary/aromatic N) is 1. The minimum atomic E-state index is -0.928. The summed E-state index contributed by atoms with van der Waals surface area (Å²) in [5, 5.41) is 8.49. The number of rotatable bonds is 4. The lowest BCUT2D eigenvalue weighted by atomic mass is 10.0. The summed E-state index contributed by atoms with van der Waals surface area (Å²) in [4.78, 5) is 53.4. The van der Waals surface area contributed by atoms with Crippen LogP contribution in [0.5, 0.6) is 5.75 Å². The summed E-state index contributed by atoms with van der Waals surface area (Å²) < 4.78 is 6.25. The Morgan fingerprint density at radius 3 is 2.64 bits per heavy atom. The molecule has 1 unspecified atom stereocenters. The maximum atomic E-state index is 13.4. The number of piperidine rings is 1. The van der Waals surface area contributed by atoms with Crippen LogP contribution in [0, 0.1) is 6.92 Å². The number of aryl methyl sites for hydroxylation is 2. The number of carbonyl (C=O) groups is 4. The van der Waals surface area contributed by atoms with Crippen LogP contribution in [0.25, 0.3) is 0 Å². The summed E-state index contributed by atoms with van der Waals surface area (Å²) in [5.74, 6) is -0.547. The summed E-state index contributed by atoms with van der Waals surface area (Å²) >= 11 is 0. The summed E-state index contributed by atoms with van der Waals surface area (Å²) in [6.07, 6.45) is 2.72. The molecule has 2 heterocycles. The van der Waals surface area contributed by atoms with Crippen LogP contribution < -0.4 is 20.7 Å². The molecule has 0 aliphatic carbocycles. The second-order valence-electron chi connectivity index (χ2n) is 10.4. The monoisotopic (exact) mass is 534 g/mol. The molecule has 3 N–H and O–H groups in total. The van der Waals surface area contributed by atoms with Crippen molar-refractivity contribution in [1.29, 1.82) is 0 Å². The van der Waals surface area contributed by atoms with Crippen LogP contribution in [0.1, 0.15) is 55.7 Å². The summed E-state index contributed by atoms with van der Waals surface area (Å²) in [6.45, 7) is 4.69. The highest BCUT2D eigenvalue weighted by molar-refractivity contribution is 5.92. The van der Waals surface area contributed by atoms with E-state index in [4.69, 9.17) is 4.74 Å². The second-order valence-corrected chi connectivity index (χ2v) is 10.4. The number of amides is 4. The van der Waals surface area contributed by atoms with Gasteiger partial charge in [0.2, 0.25) is 23.6 Å². The van der Waals surface area contributed by atoms with Crippen LogP contribution in [0.15, 0.2) is 48.5 Å². The topological polar surface area (TPSA) is 117 Å². The van der Waals surface area contributed by atoms with Gasteiger partial charge in [0.05, 0.1) is 6.54 Å². The molecule has 2 aromatic carbocycles. The SMILES string of the molecule is CC(=O)N[C@H]1CCC(=O)N2CCCC(C2)Oc2ccc(C)c(c2)CNC(=O)[C@H](CCc2ccccc2)NC1=O. The first-order valence-electron chi connectivity index (χ1n) is 13.7. The van der Waals surface area contributed by atoms with Gasteiger partial charge in [-0.2, -0.15) is 0 Å². The lowest BCUT2D eigenvalue weighted by Gasteiger charge is -2.33. The molecule has 4 bridgehead atoms. The van der Waals surface area contributed by atoms with Gasteiger partial charge in [0.15, 0.2) is 0 Å². The second kappa shape index (κ2) is 13.3. The van der Waals surface area contributed by atoms with Crippen molar-refractivity contribution in [2.75, 3.05) is 13.1 Å². The highest BCUT2D eigenvalue weighted by atomic mass is 16.5. The molecular weight excluding hydrogens is 496 g/mol. The van der Waals surface area contributed by atoms with Crippen molar-refractivity contribution in [2.45, 2.75) is 77.1 Å². The number of ether oxygens (including phenoxy) is 1. The molecule has 0 spiro atoms. The molecule has 0 saturated carbocycles. The maximum Gasteiger partial charge on any atom is 0.243 e. The Morgan fingerprint density at radius 2 is 1.87 bits per heavy atom. The Bertz CT molecular complexity index is 1190. The predicted octanol–water partition coefficient (Wildman–Crippen LogP) is 2.40. The van der Waals surface area contributed by atoms with Crippen molar-refractivity contribution >= 4 is 23.6 Å². The van der Waals surface area contributed by atoms with E-state index < -0.39 is 18.0 Å². The fourth-order valence-electron chi connectivity index (χ4n) is 5.11. The van der Waals surface area contributed by atoms with Crippen LogP contribution in [0.4, 0.5) is 0 Å². The third-order valence-electron chi connectivity index (χ3n) is 7.35. The zero-order valence-corrected chi connectivity index (χ0v) is 22.7. The molecule has 1 fully saturated rings.